The normalized spacial score (nSPS) is 17.4. The molecule has 0 radical (unpaired) electrons. The fraction of sp³-hybridized carbons (Fsp3) is 1.00. The molecular formula is C6H15ClNO3P. The molecule has 0 saturated heterocycles. The van der Waals surface area contributed by atoms with E-state index in [9.17, 15) is 4.57 Å². The van der Waals surface area contributed by atoms with Gasteiger partial charge in [0.05, 0.1) is 5.66 Å². The highest BCUT2D eigenvalue weighted by Gasteiger charge is 2.31. The van der Waals surface area contributed by atoms with Crippen LogP contribution in [0.2, 0.25) is 0 Å². The van der Waals surface area contributed by atoms with E-state index in [4.69, 9.17) is 27.1 Å². The zero-order valence-corrected chi connectivity index (χ0v) is 8.63. The Morgan fingerprint density at radius 2 is 2.08 bits per heavy atom. The van der Waals surface area contributed by atoms with Gasteiger partial charge in [0.1, 0.15) is 0 Å². The second-order valence-electron chi connectivity index (χ2n) is 2.76. The van der Waals surface area contributed by atoms with Crippen molar-refractivity contribution >= 4 is 19.2 Å². The van der Waals surface area contributed by atoms with Crippen molar-refractivity contribution in [3.05, 3.63) is 0 Å². The van der Waals surface area contributed by atoms with Crippen molar-refractivity contribution < 1.29 is 14.4 Å². The summed E-state index contributed by atoms with van der Waals surface area (Å²) in [6.45, 7) is 2.02. The van der Waals surface area contributed by atoms with Crippen LogP contribution in [0.5, 0.6) is 0 Å². The lowest BCUT2D eigenvalue weighted by molar-refractivity contribution is 0.352. The Balaban J connectivity index is 4.15. The third-order valence-corrected chi connectivity index (χ3v) is 3.72. The maximum absolute atomic E-state index is 10.8. The van der Waals surface area contributed by atoms with Gasteiger partial charge in [0.25, 0.3) is 0 Å². The van der Waals surface area contributed by atoms with Crippen LogP contribution < -0.4 is 5.73 Å². The minimum Gasteiger partial charge on any atom is -0.330 e. The minimum atomic E-state index is -4.05. The molecule has 0 rings (SSSR count). The van der Waals surface area contributed by atoms with Crippen molar-refractivity contribution in [2.45, 2.75) is 30.8 Å². The summed E-state index contributed by atoms with van der Waals surface area (Å²) in [5.74, 6) is 0. The van der Waals surface area contributed by atoms with Crippen molar-refractivity contribution in [1.82, 2.24) is 0 Å². The van der Waals surface area contributed by atoms with Gasteiger partial charge in [0, 0.05) is 5.38 Å². The van der Waals surface area contributed by atoms with Gasteiger partial charge in [-0.05, 0) is 26.3 Å². The molecule has 0 aromatic rings. The number of hydrogen-bond donors (Lipinski definition) is 3. The first-order valence-electron chi connectivity index (χ1n) is 3.79. The molecule has 0 aliphatic carbocycles. The smallest absolute Gasteiger partial charge is 0.330 e. The van der Waals surface area contributed by atoms with Gasteiger partial charge in [-0.25, -0.2) is 0 Å². The van der Waals surface area contributed by atoms with Gasteiger partial charge in [-0.3, -0.25) is 4.57 Å². The predicted molar refractivity (Wildman–Crippen MR) is 49.4 cm³/mol. The van der Waals surface area contributed by atoms with Crippen LogP contribution in [-0.2, 0) is 4.57 Å². The molecule has 12 heavy (non-hydrogen) atoms. The lowest BCUT2D eigenvalue weighted by Crippen LogP contribution is -2.19. The molecule has 0 spiro atoms. The van der Waals surface area contributed by atoms with Crippen LogP contribution in [0.25, 0.3) is 0 Å². The Morgan fingerprint density at radius 3 is 2.33 bits per heavy atom. The Labute approximate surface area is 77.3 Å². The van der Waals surface area contributed by atoms with E-state index in [1.165, 1.54) is 0 Å². The first-order valence-corrected chi connectivity index (χ1v) is 5.90. The molecule has 0 saturated carbocycles. The summed E-state index contributed by atoms with van der Waals surface area (Å²) in [6.07, 6.45) is 0.971. The van der Waals surface area contributed by atoms with Crippen molar-refractivity contribution in [2.24, 2.45) is 5.73 Å². The van der Waals surface area contributed by atoms with Crippen LogP contribution in [0.4, 0.5) is 0 Å². The third-order valence-electron chi connectivity index (χ3n) is 1.67. The molecule has 0 fully saturated rings. The molecule has 0 amide bonds. The van der Waals surface area contributed by atoms with Gasteiger partial charge in [-0.2, -0.15) is 0 Å². The molecule has 0 aromatic heterocycles. The van der Waals surface area contributed by atoms with E-state index in [0.717, 1.165) is 0 Å². The number of nitrogens with two attached hydrogens (primary N) is 1. The van der Waals surface area contributed by atoms with Gasteiger partial charge < -0.3 is 15.5 Å². The second kappa shape index (κ2) is 5.20. The first kappa shape index (κ1) is 12.4. The predicted octanol–water partition coefficient (Wildman–Crippen LogP) is 0.899. The highest BCUT2D eigenvalue weighted by molar-refractivity contribution is 7.52. The van der Waals surface area contributed by atoms with Crippen molar-refractivity contribution in [2.75, 3.05) is 6.54 Å². The Morgan fingerprint density at radius 1 is 1.58 bits per heavy atom. The van der Waals surface area contributed by atoms with Crippen LogP contribution in [0.15, 0.2) is 0 Å². The summed E-state index contributed by atoms with van der Waals surface area (Å²) in [5, 5.41) is -0.516. The Kier molecular flexibility index (Phi) is 5.37. The third kappa shape index (κ3) is 4.43. The van der Waals surface area contributed by atoms with Crippen LogP contribution in [-0.4, -0.2) is 27.4 Å². The second-order valence-corrected chi connectivity index (χ2v) is 5.29. The summed E-state index contributed by atoms with van der Waals surface area (Å²) in [5.41, 5.74) is 4.46. The summed E-state index contributed by atoms with van der Waals surface area (Å²) in [7, 11) is -4.05. The quantitative estimate of drug-likeness (QED) is 0.470. The summed E-state index contributed by atoms with van der Waals surface area (Å²) >= 11 is 5.63. The van der Waals surface area contributed by atoms with E-state index in [2.05, 4.69) is 0 Å². The summed E-state index contributed by atoms with van der Waals surface area (Å²) in [6, 6.07) is 0. The average molecular weight is 216 g/mol. The van der Waals surface area contributed by atoms with Crippen LogP contribution in [0.1, 0.15) is 19.8 Å². The van der Waals surface area contributed by atoms with E-state index in [1.807, 2.05) is 0 Å². The number of alkyl halides is 1. The van der Waals surface area contributed by atoms with Crippen LogP contribution in [0.3, 0.4) is 0 Å². The highest BCUT2D eigenvalue weighted by Crippen LogP contribution is 2.46. The molecule has 0 aliphatic heterocycles. The number of halogens is 1. The van der Waals surface area contributed by atoms with Gasteiger partial charge in [0.2, 0.25) is 0 Å². The van der Waals surface area contributed by atoms with Gasteiger partial charge >= 0.3 is 7.60 Å². The highest BCUT2D eigenvalue weighted by atomic mass is 35.5. The van der Waals surface area contributed by atoms with Crippen molar-refractivity contribution in [3.8, 4) is 0 Å². The van der Waals surface area contributed by atoms with E-state index in [-0.39, 0.29) is 0 Å². The SMILES string of the molecule is CC(Cl)C(CCCN)P(=O)(O)O. The van der Waals surface area contributed by atoms with Crippen molar-refractivity contribution in [1.29, 1.82) is 0 Å². The van der Waals surface area contributed by atoms with Crippen LogP contribution in [0, 0.1) is 0 Å². The molecule has 0 heterocycles. The maximum Gasteiger partial charge on any atom is 0.330 e. The van der Waals surface area contributed by atoms with Gasteiger partial charge in [-0.1, -0.05) is 0 Å². The monoisotopic (exact) mass is 215 g/mol. The number of rotatable bonds is 5. The lowest BCUT2D eigenvalue weighted by Gasteiger charge is -2.19. The number of hydrogen-bond acceptors (Lipinski definition) is 2. The fourth-order valence-electron chi connectivity index (χ4n) is 0.992. The Hall–Kier alpha value is 0.400. The zero-order chi connectivity index (χ0) is 9.78. The maximum atomic E-state index is 10.8. The molecule has 4 nitrogen and oxygen atoms in total. The van der Waals surface area contributed by atoms with E-state index < -0.39 is 18.6 Å². The lowest BCUT2D eigenvalue weighted by atomic mass is 10.2. The molecular weight excluding hydrogens is 200 g/mol. The summed E-state index contributed by atoms with van der Waals surface area (Å²) in [4.78, 5) is 17.7. The average Bonchev–Trinajstić information content (AvgIpc) is 1.84. The first-order chi connectivity index (χ1) is 5.39. The van der Waals surface area contributed by atoms with Crippen molar-refractivity contribution in [3.63, 3.8) is 0 Å². The molecule has 0 aromatic carbocycles. The standard InChI is InChI=1S/C6H15ClNO3P/c1-5(7)6(3-2-4-8)12(9,10)11/h5-6H,2-4,8H2,1H3,(H2,9,10,11). The zero-order valence-electron chi connectivity index (χ0n) is 6.98. The molecule has 4 N–H and O–H groups in total. The van der Waals surface area contributed by atoms with Gasteiger partial charge in [-0.15, -0.1) is 11.6 Å². The van der Waals surface area contributed by atoms with E-state index >= 15 is 0 Å². The topological polar surface area (TPSA) is 83.6 Å². The Bertz CT molecular complexity index is 170. The molecule has 2 atom stereocenters. The fourth-order valence-corrected chi connectivity index (χ4v) is 2.61. The molecule has 0 bridgehead atoms. The van der Waals surface area contributed by atoms with E-state index in [1.54, 1.807) is 6.92 Å². The summed E-state index contributed by atoms with van der Waals surface area (Å²) < 4.78 is 10.8. The molecule has 6 heteroatoms. The largest absolute Gasteiger partial charge is 0.330 e. The van der Waals surface area contributed by atoms with E-state index in [0.29, 0.717) is 19.4 Å². The van der Waals surface area contributed by atoms with Crippen LogP contribution >= 0.6 is 19.2 Å². The molecule has 2 unspecified atom stereocenters. The van der Waals surface area contributed by atoms with Gasteiger partial charge in [0.15, 0.2) is 0 Å². The minimum absolute atomic E-state index is 0.380. The molecule has 74 valence electrons. The molecule has 0 aliphatic rings.